The number of piperidine rings is 1. The molecular weight excluding hydrogens is 420 g/mol. The number of nitrogens with zero attached hydrogens (tertiary/aromatic N) is 3. The van der Waals surface area contributed by atoms with E-state index in [1.54, 1.807) is 35.2 Å². The Morgan fingerprint density at radius 1 is 1.13 bits per heavy atom. The average molecular weight is 441 g/mol. The van der Waals surface area contributed by atoms with Gasteiger partial charge in [0.2, 0.25) is 24.0 Å². The predicted octanol–water partition coefficient (Wildman–Crippen LogP) is 3.79. The maximum absolute atomic E-state index is 12.5. The number of likely N-dealkylation sites (tertiary alicyclic amines) is 1. The molecule has 31 heavy (non-hydrogen) atoms. The fourth-order valence-electron chi connectivity index (χ4n) is 3.40. The third kappa shape index (κ3) is 5.40. The normalized spacial score (nSPS) is 14.3. The second-order valence-electron chi connectivity index (χ2n) is 7.19. The van der Waals surface area contributed by atoms with Crippen LogP contribution in [0.3, 0.4) is 0 Å². The first-order chi connectivity index (χ1) is 15.1. The third-order valence-electron chi connectivity index (χ3n) is 5.02. The van der Waals surface area contributed by atoms with Crippen molar-refractivity contribution in [3.63, 3.8) is 0 Å². The van der Waals surface area contributed by atoms with Gasteiger partial charge >= 0.3 is 0 Å². The molecule has 0 saturated carbocycles. The lowest BCUT2D eigenvalue weighted by Gasteiger charge is -2.32. The SMILES string of the molecule is O=C(CC(=O)N1CCC(Oc2ccccc2Cl)CC1)Nc1ccc(-c2ncon2)cc1. The molecule has 1 aliphatic heterocycles. The maximum atomic E-state index is 12.5. The van der Waals surface area contributed by atoms with E-state index in [0.717, 1.165) is 5.56 Å². The van der Waals surface area contributed by atoms with Gasteiger partial charge < -0.3 is 19.5 Å². The zero-order valence-corrected chi connectivity index (χ0v) is 17.4. The minimum absolute atomic E-state index is 0.00417. The third-order valence-corrected chi connectivity index (χ3v) is 5.34. The summed E-state index contributed by atoms with van der Waals surface area (Å²) in [5, 5.41) is 7.08. The van der Waals surface area contributed by atoms with Crippen molar-refractivity contribution >= 4 is 29.1 Å². The van der Waals surface area contributed by atoms with Gasteiger partial charge in [-0.1, -0.05) is 28.9 Å². The van der Waals surface area contributed by atoms with Crippen LogP contribution >= 0.6 is 11.6 Å². The van der Waals surface area contributed by atoms with Crippen LogP contribution in [0, 0.1) is 0 Å². The quantitative estimate of drug-likeness (QED) is 0.585. The number of anilines is 1. The van der Waals surface area contributed by atoms with Crippen molar-refractivity contribution in [1.29, 1.82) is 0 Å². The van der Waals surface area contributed by atoms with Gasteiger partial charge in [0, 0.05) is 37.2 Å². The molecule has 1 fully saturated rings. The Morgan fingerprint density at radius 2 is 1.87 bits per heavy atom. The lowest BCUT2D eigenvalue weighted by molar-refractivity contribution is -0.136. The van der Waals surface area contributed by atoms with Crippen LogP contribution < -0.4 is 10.1 Å². The first-order valence-electron chi connectivity index (χ1n) is 9.94. The molecule has 9 heteroatoms. The molecule has 0 unspecified atom stereocenters. The summed E-state index contributed by atoms with van der Waals surface area (Å²) in [7, 11) is 0. The number of aromatic nitrogens is 2. The van der Waals surface area contributed by atoms with E-state index >= 15 is 0 Å². The highest BCUT2D eigenvalue weighted by Gasteiger charge is 2.25. The second kappa shape index (κ2) is 9.61. The molecule has 2 amide bonds. The molecule has 1 saturated heterocycles. The van der Waals surface area contributed by atoms with Crippen molar-refractivity contribution in [3.05, 3.63) is 59.9 Å². The Kier molecular flexibility index (Phi) is 6.47. The standard InChI is InChI=1S/C22H21ClN4O4/c23-18-3-1-2-4-19(18)31-17-9-11-27(12-10-17)21(29)13-20(28)25-16-7-5-15(6-8-16)22-24-14-30-26-22/h1-8,14,17H,9-13H2,(H,25,28). The number of carbonyl (C=O) groups excluding carboxylic acids is 2. The van der Waals surface area contributed by atoms with Crippen LogP contribution in [0.25, 0.3) is 11.4 Å². The molecule has 2 aromatic carbocycles. The molecule has 4 rings (SSSR count). The summed E-state index contributed by atoms with van der Waals surface area (Å²) in [6.07, 6.45) is 2.42. The van der Waals surface area contributed by atoms with Crippen LogP contribution in [0.4, 0.5) is 5.69 Å². The van der Waals surface area contributed by atoms with Crippen molar-refractivity contribution in [2.75, 3.05) is 18.4 Å². The highest BCUT2D eigenvalue weighted by atomic mass is 35.5. The van der Waals surface area contributed by atoms with Crippen LogP contribution in [-0.2, 0) is 9.59 Å². The van der Waals surface area contributed by atoms with Gasteiger partial charge in [0.1, 0.15) is 18.3 Å². The van der Waals surface area contributed by atoms with E-state index < -0.39 is 0 Å². The molecular formula is C22H21ClN4O4. The number of hydrogen-bond acceptors (Lipinski definition) is 6. The molecule has 1 aliphatic rings. The summed E-state index contributed by atoms with van der Waals surface area (Å²) in [5.74, 6) is 0.567. The number of nitrogens with one attached hydrogen (secondary N) is 1. The number of halogens is 1. The summed E-state index contributed by atoms with van der Waals surface area (Å²) in [5.41, 5.74) is 1.36. The first-order valence-corrected chi connectivity index (χ1v) is 10.3. The summed E-state index contributed by atoms with van der Waals surface area (Å²) in [6.45, 7) is 1.08. The zero-order chi connectivity index (χ0) is 21.6. The minimum Gasteiger partial charge on any atom is -0.489 e. The van der Waals surface area contributed by atoms with Crippen LogP contribution in [0.1, 0.15) is 19.3 Å². The largest absolute Gasteiger partial charge is 0.489 e. The molecule has 2 heterocycles. The maximum Gasteiger partial charge on any atom is 0.233 e. The molecule has 0 aliphatic carbocycles. The van der Waals surface area contributed by atoms with E-state index in [1.807, 2.05) is 18.2 Å². The monoisotopic (exact) mass is 440 g/mol. The number of benzene rings is 2. The van der Waals surface area contributed by atoms with Gasteiger partial charge in [0.25, 0.3) is 0 Å². The van der Waals surface area contributed by atoms with Gasteiger partial charge in [-0.05, 0) is 36.4 Å². The number of hydrogen-bond donors (Lipinski definition) is 1. The summed E-state index contributed by atoms with van der Waals surface area (Å²) in [6, 6.07) is 14.3. The van der Waals surface area contributed by atoms with E-state index in [1.165, 1.54) is 6.39 Å². The Labute approximate surface area is 184 Å². The van der Waals surface area contributed by atoms with Gasteiger partial charge in [-0.15, -0.1) is 0 Å². The summed E-state index contributed by atoms with van der Waals surface area (Å²) in [4.78, 5) is 30.5. The topological polar surface area (TPSA) is 97.6 Å². The molecule has 0 spiro atoms. The lowest BCUT2D eigenvalue weighted by Crippen LogP contribution is -2.42. The smallest absolute Gasteiger partial charge is 0.233 e. The molecule has 0 bridgehead atoms. The Morgan fingerprint density at radius 3 is 2.55 bits per heavy atom. The fourth-order valence-corrected chi connectivity index (χ4v) is 3.58. The Balaban J connectivity index is 1.23. The highest BCUT2D eigenvalue weighted by molar-refractivity contribution is 6.32. The summed E-state index contributed by atoms with van der Waals surface area (Å²) < 4.78 is 10.7. The van der Waals surface area contributed by atoms with Gasteiger partial charge in [0.05, 0.1) is 5.02 Å². The highest BCUT2D eigenvalue weighted by Crippen LogP contribution is 2.27. The number of para-hydroxylation sites is 1. The fraction of sp³-hybridized carbons (Fsp3) is 0.273. The zero-order valence-electron chi connectivity index (χ0n) is 16.7. The van der Waals surface area contributed by atoms with Crippen LogP contribution in [0.5, 0.6) is 5.75 Å². The molecule has 0 atom stereocenters. The second-order valence-corrected chi connectivity index (χ2v) is 7.59. The number of carbonyl (C=O) groups is 2. The Bertz CT molecular complexity index is 1030. The number of ether oxygens (including phenoxy) is 1. The van der Waals surface area contributed by atoms with Crippen molar-refractivity contribution < 1.29 is 18.8 Å². The van der Waals surface area contributed by atoms with Gasteiger partial charge in [0.15, 0.2) is 0 Å². The predicted molar refractivity (Wildman–Crippen MR) is 115 cm³/mol. The van der Waals surface area contributed by atoms with E-state index in [2.05, 4.69) is 15.5 Å². The molecule has 1 aromatic heterocycles. The number of rotatable bonds is 6. The van der Waals surface area contributed by atoms with Gasteiger partial charge in [-0.2, -0.15) is 4.98 Å². The Hall–Kier alpha value is -3.39. The van der Waals surface area contributed by atoms with Gasteiger partial charge in [-0.3, -0.25) is 9.59 Å². The van der Waals surface area contributed by atoms with E-state index in [9.17, 15) is 9.59 Å². The summed E-state index contributed by atoms with van der Waals surface area (Å²) >= 11 is 6.14. The molecule has 160 valence electrons. The lowest BCUT2D eigenvalue weighted by atomic mass is 10.1. The van der Waals surface area contributed by atoms with Crippen molar-refractivity contribution in [3.8, 4) is 17.1 Å². The van der Waals surface area contributed by atoms with Crippen LogP contribution in [-0.4, -0.2) is 46.0 Å². The molecule has 0 radical (unpaired) electrons. The van der Waals surface area contributed by atoms with Crippen molar-refractivity contribution in [2.45, 2.75) is 25.4 Å². The van der Waals surface area contributed by atoms with E-state index in [-0.39, 0.29) is 24.3 Å². The van der Waals surface area contributed by atoms with E-state index in [4.69, 9.17) is 20.9 Å². The van der Waals surface area contributed by atoms with Crippen molar-refractivity contribution in [1.82, 2.24) is 15.0 Å². The van der Waals surface area contributed by atoms with E-state index in [0.29, 0.717) is 48.2 Å². The average Bonchev–Trinajstić information content (AvgIpc) is 3.31. The number of amides is 2. The van der Waals surface area contributed by atoms with Crippen LogP contribution in [0.2, 0.25) is 5.02 Å². The minimum atomic E-state index is -0.355. The molecule has 8 nitrogen and oxygen atoms in total. The molecule has 1 N–H and O–H groups in total. The van der Waals surface area contributed by atoms with Crippen molar-refractivity contribution in [2.24, 2.45) is 0 Å². The van der Waals surface area contributed by atoms with Crippen LogP contribution in [0.15, 0.2) is 59.4 Å². The first kappa shape index (κ1) is 20.9. The molecule has 3 aromatic rings. The van der Waals surface area contributed by atoms with Gasteiger partial charge in [-0.25, -0.2) is 0 Å².